The summed E-state index contributed by atoms with van der Waals surface area (Å²) in [6, 6.07) is 10.1. The summed E-state index contributed by atoms with van der Waals surface area (Å²) in [5.41, 5.74) is 3.22. The molecule has 4 rings (SSSR count). The molecule has 5 nitrogen and oxygen atoms in total. The van der Waals surface area contributed by atoms with E-state index in [1.54, 1.807) is 14.2 Å². The van der Waals surface area contributed by atoms with E-state index in [4.69, 9.17) is 9.47 Å². The maximum Gasteiger partial charge on any atom is 0.161 e. The van der Waals surface area contributed by atoms with Gasteiger partial charge in [-0.25, -0.2) is 0 Å². The Morgan fingerprint density at radius 1 is 0.958 bits per heavy atom. The van der Waals surface area contributed by atoms with Gasteiger partial charge in [-0.2, -0.15) is 10.2 Å². The number of ether oxygens (including phenoxy) is 2. The number of hydrogen-bond acceptors (Lipinski definition) is 5. The molecule has 2 atom stereocenters. The average molecular weight is 325 g/mol. The maximum atomic E-state index is 5.38. The standard InChI is InChI=1S/C19H23N3O2/c1-23-16-6-4-14(12-17(16)24-2)15-5-7-18(21-20-15)19-8-3-10-22(13-19)11-9-19/h4-7,12H,3,8-11,13H2,1-2H3/t19-/m0/s1. The summed E-state index contributed by atoms with van der Waals surface area (Å²) in [5.74, 6) is 1.43. The van der Waals surface area contributed by atoms with Crippen LogP contribution in [0.5, 0.6) is 11.5 Å². The van der Waals surface area contributed by atoms with Gasteiger partial charge in [-0.3, -0.25) is 0 Å². The second-order valence-corrected chi connectivity index (χ2v) is 6.78. The van der Waals surface area contributed by atoms with Gasteiger partial charge < -0.3 is 14.4 Å². The van der Waals surface area contributed by atoms with E-state index in [0.717, 1.165) is 29.2 Å². The molecule has 2 saturated heterocycles. The van der Waals surface area contributed by atoms with E-state index in [-0.39, 0.29) is 5.41 Å². The number of fused-ring (bicyclic) bond motifs is 2. The second kappa shape index (κ2) is 6.06. The third-order valence-corrected chi connectivity index (χ3v) is 5.45. The summed E-state index contributed by atoms with van der Waals surface area (Å²) in [5, 5.41) is 9.10. The molecule has 1 unspecified atom stereocenters. The van der Waals surface area contributed by atoms with Crippen LogP contribution in [0.15, 0.2) is 30.3 Å². The molecule has 0 spiro atoms. The Labute approximate surface area is 142 Å². The molecule has 2 aromatic rings. The Bertz CT molecular complexity index is 728. The van der Waals surface area contributed by atoms with Crippen LogP contribution < -0.4 is 9.47 Å². The van der Waals surface area contributed by atoms with Crippen LogP contribution in [-0.4, -0.2) is 49.0 Å². The first-order valence-corrected chi connectivity index (χ1v) is 8.53. The largest absolute Gasteiger partial charge is 0.493 e. The molecule has 0 radical (unpaired) electrons. The molecule has 1 aromatic carbocycles. The molecule has 3 heterocycles. The summed E-state index contributed by atoms with van der Waals surface area (Å²) in [6.07, 6.45) is 3.70. The Morgan fingerprint density at radius 3 is 2.58 bits per heavy atom. The molecule has 126 valence electrons. The van der Waals surface area contributed by atoms with E-state index >= 15 is 0 Å². The highest BCUT2D eigenvalue weighted by atomic mass is 16.5. The lowest BCUT2D eigenvalue weighted by molar-refractivity contribution is 0.239. The van der Waals surface area contributed by atoms with E-state index in [0.29, 0.717) is 5.75 Å². The smallest absolute Gasteiger partial charge is 0.161 e. The van der Waals surface area contributed by atoms with Gasteiger partial charge >= 0.3 is 0 Å². The van der Waals surface area contributed by atoms with Crippen LogP contribution in [0.4, 0.5) is 0 Å². The van der Waals surface area contributed by atoms with Crippen LogP contribution in [0.2, 0.25) is 0 Å². The lowest BCUT2D eigenvalue weighted by Gasteiger charge is -2.33. The number of aromatic nitrogens is 2. The molecule has 0 aliphatic carbocycles. The molecular formula is C19H23N3O2. The van der Waals surface area contributed by atoms with Crippen molar-refractivity contribution in [3.63, 3.8) is 0 Å². The van der Waals surface area contributed by atoms with Crippen molar-refractivity contribution in [2.45, 2.75) is 24.7 Å². The molecule has 1 aromatic heterocycles. The number of benzene rings is 1. The quantitative estimate of drug-likeness (QED) is 0.865. The highest BCUT2D eigenvalue weighted by Crippen LogP contribution is 2.41. The molecule has 24 heavy (non-hydrogen) atoms. The predicted octanol–water partition coefficient (Wildman–Crippen LogP) is 2.90. The van der Waals surface area contributed by atoms with Crippen LogP contribution >= 0.6 is 0 Å². The van der Waals surface area contributed by atoms with Crippen LogP contribution in [-0.2, 0) is 5.41 Å². The summed E-state index contributed by atoms with van der Waals surface area (Å²) >= 11 is 0. The van der Waals surface area contributed by atoms with Gasteiger partial charge in [-0.15, -0.1) is 0 Å². The van der Waals surface area contributed by atoms with Crippen molar-refractivity contribution < 1.29 is 9.47 Å². The topological polar surface area (TPSA) is 47.5 Å². The molecule has 2 aliphatic heterocycles. The Balaban J connectivity index is 1.62. The van der Waals surface area contributed by atoms with Crippen LogP contribution in [0.1, 0.15) is 25.0 Å². The highest BCUT2D eigenvalue weighted by Gasteiger charge is 2.43. The zero-order valence-corrected chi connectivity index (χ0v) is 14.3. The molecular weight excluding hydrogens is 302 g/mol. The molecule has 0 amide bonds. The minimum absolute atomic E-state index is 0.224. The molecule has 0 N–H and O–H groups in total. The van der Waals surface area contributed by atoms with Gasteiger partial charge in [0.2, 0.25) is 0 Å². The van der Waals surface area contributed by atoms with Gasteiger partial charge in [0.05, 0.1) is 25.6 Å². The third kappa shape index (κ3) is 2.53. The van der Waals surface area contributed by atoms with Gasteiger partial charge in [0, 0.05) is 17.5 Å². The zero-order chi connectivity index (χ0) is 16.6. The fourth-order valence-electron chi connectivity index (χ4n) is 4.10. The van der Waals surface area contributed by atoms with Crippen LogP contribution in [0.25, 0.3) is 11.3 Å². The van der Waals surface area contributed by atoms with Crippen molar-refractivity contribution in [3.05, 3.63) is 36.0 Å². The molecule has 0 saturated carbocycles. The summed E-state index contributed by atoms with van der Waals surface area (Å²) < 4.78 is 10.7. The fraction of sp³-hybridized carbons (Fsp3) is 0.474. The number of hydrogen-bond donors (Lipinski definition) is 0. The molecule has 5 heteroatoms. The SMILES string of the molecule is COc1ccc(-c2ccc([C@@]34CCCN(CC3)C4)nn2)cc1OC. The Hall–Kier alpha value is -2.14. The lowest BCUT2D eigenvalue weighted by atomic mass is 9.78. The minimum atomic E-state index is 0.224. The first kappa shape index (κ1) is 15.4. The first-order chi connectivity index (χ1) is 11.7. The Morgan fingerprint density at radius 2 is 1.83 bits per heavy atom. The van der Waals surface area contributed by atoms with Crippen molar-refractivity contribution in [1.82, 2.24) is 15.1 Å². The third-order valence-electron chi connectivity index (χ3n) is 5.45. The Kier molecular flexibility index (Phi) is 3.88. The summed E-state index contributed by atoms with van der Waals surface area (Å²) in [4.78, 5) is 2.55. The highest BCUT2D eigenvalue weighted by molar-refractivity contribution is 5.63. The van der Waals surface area contributed by atoms with Crippen LogP contribution in [0.3, 0.4) is 0 Å². The van der Waals surface area contributed by atoms with Crippen molar-refractivity contribution in [2.75, 3.05) is 33.9 Å². The van der Waals surface area contributed by atoms with Gasteiger partial charge in [-0.1, -0.05) is 0 Å². The van der Waals surface area contributed by atoms with Gasteiger partial charge in [0.25, 0.3) is 0 Å². The average Bonchev–Trinajstić information content (AvgIpc) is 2.96. The fourth-order valence-corrected chi connectivity index (χ4v) is 4.10. The monoisotopic (exact) mass is 325 g/mol. The summed E-state index contributed by atoms with van der Waals surface area (Å²) in [7, 11) is 3.28. The normalized spacial score (nSPS) is 25.5. The molecule has 2 bridgehead atoms. The van der Waals surface area contributed by atoms with Crippen molar-refractivity contribution in [1.29, 1.82) is 0 Å². The molecule has 2 fully saturated rings. The van der Waals surface area contributed by atoms with Crippen molar-refractivity contribution in [3.8, 4) is 22.8 Å². The van der Waals surface area contributed by atoms with E-state index < -0.39 is 0 Å². The number of piperidine rings is 1. The van der Waals surface area contributed by atoms with E-state index in [1.807, 2.05) is 18.2 Å². The summed E-state index contributed by atoms with van der Waals surface area (Å²) in [6.45, 7) is 3.56. The predicted molar refractivity (Wildman–Crippen MR) is 92.5 cm³/mol. The van der Waals surface area contributed by atoms with Gasteiger partial charge in [-0.05, 0) is 62.7 Å². The minimum Gasteiger partial charge on any atom is -0.493 e. The van der Waals surface area contributed by atoms with Gasteiger partial charge in [0.15, 0.2) is 11.5 Å². The number of methoxy groups -OCH3 is 2. The first-order valence-electron chi connectivity index (χ1n) is 8.53. The number of rotatable bonds is 4. The van der Waals surface area contributed by atoms with E-state index in [9.17, 15) is 0 Å². The zero-order valence-electron chi connectivity index (χ0n) is 14.3. The van der Waals surface area contributed by atoms with Crippen molar-refractivity contribution >= 4 is 0 Å². The van der Waals surface area contributed by atoms with E-state index in [1.165, 1.54) is 32.4 Å². The number of nitrogens with zero attached hydrogens (tertiary/aromatic N) is 3. The maximum absolute atomic E-state index is 5.38. The molecule has 2 aliphatic rings. The van der Waals surface area contributed by atoms with E-state index in [2.05, 4.69) is 27.2 Å². The second-order valence-electron chi connectivity index (χ2n) is 6.78. The van der Waals surface area contributed by atoms with Crippen molar-refractivity contribution in [2.24, 2.45) is 0 Å². The van der Waals surface area contributed by atoms with Gasteiger partial charge in [0.1, 0.15) is 0 Å². The lowest BCUT2D eigenvalue weighted by Crippen LogP contribution is -2.37. The van der Waals surface area contributed by atoms with Crippen LogP contribution in [0, 0.1) is 0 Å².